The van der Waals surface area contributed by atoms with Gasteiger partial charge in [0, 0.05) is 19.3 Å². The predicted octanol–water partition coefficient (Wildman–Crippen LogP) is 1.76. The summed E-state index contributed by atoms with van der Waals surface area (Å²) in [7, 11) is 0. The van der Waals surface area contributed by atoms with Gasteiger partial charge < -0.3 is 9.47 Å². The Morgan fingerprint density at radius 3 is 2.70 bits per heavy atom. The van der Waals surface area contributed by atoms with Gasteiger partial charge in [0.2, 0.25) is 11.1 Å². The summed E-state index contributed by atoms with van der Waals surface area (Å²) < 4.78 is 39.2. The molecule has 0 N–H and O–H groups in total. The van der Waals surface area contributed by atoms with Gasteiger partial charge in [0.05, 0.1) is 6.54 Å². The molecule has 0 fully saturated rings. The van der Waals surface area contributed by atoms with E-state index in [4.69, 9.17) is 11.6 Å². The molecule has 0 aromatic carbocycles. The smallest absolute Gasteiger partial charge is 0.347 e. The summed E-state index contributed by atoms with van der Waals surface area (Å²) in [6.07, 6.45) is -3.00. The number of aromatic nitrogens is 5. The highest BCUT2D eigenvalue weighted by Gasteiger charge is 2.39. The molecule has 0 amide bonds. The summed E-state index contributed by atoms with van der Waals surface area (Å²) in [6.45, 7) is 0.691. The van der Waals surface area contributed by atoms with Crippen LogP contribution in [0.5, 0.6) is 0 Å². The van der Waals surface area contributed by atoms with Gasteiger partial charge in [-0.2, -0.15) is 13.2 Å². The van der Waals surface area contributed by atoms with Crippen LogP contribution in [-0.4, -0.2) is 31.3 Å². The van der Waals surface area contributed by atoms with Gasteiger partial charge in [-0.1, -0.05) is 0 Å². The van der Waals surface area contributed by atoms with Crippen molar-refractivity contribution in [2.24, 2.45) is 0 Å². The van der Waals surface area contributed by atoms with Crippen LogP contribution >= 0.6 is 11.6 Å². The van der Waals surface area contributed by atoms with E-state index in [9.17, 15) is 13.2 Å². The van der Waals surface area contributed by atoms with Crippen LogP contribution in [0.15, 0.2) is 12.3 Å². The van der Waals surface area contributed by atoms with Crippen molar-refractivity contribution in [1.82, 2.24) is 24.7 Å². The lowest BCUT2D eigenvalue weighted by Gasteiger charge is -2.28. The second-order valence-corrected chi connectivity index (χ2v) is 4.53. The molecule has 0 saturated heterocycles. The lowest BCUT2D eigenvalue weighted by Crippen LogP contribution is -2.35. The number of rotatable bonds is 1. The maximum absolute atomic E-state index is 12.7. The molecule has 0 bridgehead atoms. The van der Waals surface area contributed by atoms with Crippen molar-refractivity contribution in [3.63, 3.8) is 0 Å². The number of nitrogens with zero attached hydrogens (tertiary/aromatic N) is 6. The number of alkyl halides is 3. The summed E-state index contributed by atoms with van der Waals surface area (Å²) in [6, 6.07) is 1.64. The number of halogens is 4. The molecule has 0 saturated carbocycles. The predicted molar refractivity (Wildman–Crippen MR) is 63.1 cm³/mol. The zero-order valence-electron chi connectivity index (χ0n) is 9.97. The molecule has 0 spiro atoms. The van der Waals surface area contributed by atoms with Crippen molar-refractivity contribution in [3.05, 3.63) is 29.2 Å². The molecule has 10 heteroatoms. The molecular weight excluding hydrogens is 297 g/mol. The van der Waals surface area contributed by atoms with E-state index in [1.165, 1.54) is 6.20 Å². The van der Waals surface area contributed by atoms with Crippen LogP contribution in [0.4, 0.5) is 19.0 Å². The van der Waals surface area contributed by atoms with Crippen molar-refractivity contribution < 1.29 is 13.2 Å². The molecule has 2 aromatic heterocycles. The molecule has 2 aromatic rings. The average molecular weight is 305 g/mol. The number of hydrogen-bond acceptors (Lipinski definition) is 5. The molecular formula is C10H8ClF3N6. The van der Waals surface area contributed by atoms with Crippen LogP contribution < -0.4 is 4.90 Å². The van der Waals surface area contributed by atoms with Gasteiger partial charge >= 0.3 is 6.18 Å². The summed E-state index contributed by atoms with van der Waals surface area (Å²) in [5.41, 5.74) is 0. The van der Waals surface area contributed by atoms with E-state index in [0.717, 1.165) is 4.57 Å². The normalized spacial score (nSPS) is 15.3. The third-order valence-corrected chi connectivity index (χ3v) is 3.12. The standard InChI is InChI=1S/C10H8ClF3N6/c11-9-15-2-1-6(16-9)19-3-4-20-7(5-19)17-18-8(20)10(12,13)14/h1-2H,3-5H2. The van der Waals surface area contributed by atoms with E-state index in [1.54, 1.807) is 11.0 Å². The molecule has 0 aliphatic carbocycles. The Labute approximate surface area is 116 Å². The van der Waals surface area contributed by atoms with Crippen LogP contribution in [0, 0.1) is 0 Å². The van der Waals surface area contributed by atoms with Crippen molar-refractivity contribution in [3.8, 4) is 0 Å². The first-order valence-electron chi connectivity index (χ1n) is 5.68. The molecule has 3 rings (SSSR count). The maximum atomic E-state index is 12.7. The van der Waals surface area contributed by atoms with Crippen LogP contribution in [-0.2, 0) is 19.3 Å². The highest BCUT2D eigenvalue weighted by molar-refractivity contribution is 6.28. The Bertz CT molecular complexity index is 640. The zero-order chi connectivity index (χ0) is 14.3. The number of hydrogen-bond donors (Lipinski definition) is 0. The van der Waals surface area contributed by atoms with E-state index in [-0.39, 0.29) is 24.2 Å². The van der Waals surface area contributed by atoms with Gasteiger partial charge in [-0.15, -0.1) is 10.2 Å². The average Bonchev–Trinajstić information content (AvgIpc) is 2.81. The van der Waals surface area contributed by atoms with Gasteiger partial charge in [0.25, 0.3) is 0 Å². The van der Waals surface area contributed by atoms with Crippen LogP contribution in [0.2, 0.25) is 5.28 Å². The summed E-state index contributed by atoms with van der Waals surface area (Å²) in [5.74, 6) is -0.168. The summed E-state index contributed by atoms with van der Waals surface area (Å²) in [5, 5.41) is 6.90. The monoisotopic (exact) mass is 304 g/mol. The fraction of sp³-hybridized carbons (Fsp3) is 0.400. The van der Waals surface area contributed by atoms with E-state index in [2.05, 4.69) is 20.2 Å². The van der Waals surface area contributed by atoms with Crippen molar-refractivity contribution >= 4 is 17.4 Å². The maximum Gasteiger partial charge on any atom is 0.451 e. The fourth-order valence-corrected chi connectivity index (χ4v) is 2.21. The minimum Gasteiger partial charge on any atom is -0.347 e. The Morgan fingerprint density at radius 2 is 2.00 bits per heavy atom. The Balaban J connectivity index is 1.88. The van der Waals surface area contributed by atoms with E-state index < -0.39 is 12.0 Å². The molecule has 106 valence electrons. The van der Waals surface area contributed by atoms with Gasteiger partial charge in [-0.25, -0.2) is 9.97 Å². The van der Waals surface area contributed by atoms with Crippen molar-refractivity contribution in [2.75, 3.05) is 11.4 Å². The minimum atomic E-state index is -4.49. The second kappa shape index (κ2) is 4.58. The van der Waals surface area contributed by atoms with E-state index >= 15 is 0 Å². The molecule has 0 atom stereocenters. The van der Waals surface area contributed by atoms with Gasteiger partial charge in [-0.3, -0.25) is 0 Å². The van der Waals surface area contributed by atoms with Crippen molar-refractivity contribution in [1.29, 1.82) is 0 Å². The number of anilines is 1. The Hall–Kier alpha value is -1.90. The van der Waals surface area contributed by atoms with Gasteiger partial charge in [0.15, 0.2) is 5.82 Å². The lowest BCUT2D eigenvalue weighted by atomic mass is 10.3. The highest BCUT2D eigenvalue weighted by Crippen LogP contribution is 2.30. The van der Waals surface area contributed by atoms with Crippen LogP contribution in [0.3, 0.4) is 0 Å². The number of fused-ring (bicyclic) bond motifs is 1. The first-order valence-corrected chi connectivity index (χ1v) is 6.06. The van der Waals surface area contributed by atoms with Crippen LogP contribution in [0.1, 0.15) is 11.6 Å². The lowest BCUT2D eigenvalue weighted by molar-refractivity contribution is -0.147. The second-order valence-electron chi connectivity index (χ2n) is 4.19. The zero-order valence-corrected chi connectivity index (χ0v) is 10.7. The fourth-order valence-electron chi connectivity index (χ4n) is 2.07. The Morgan fingerprint density at radius 1 is 1.20 bits per heavy atom. The molecule has 1 aliphatic rings. The molecule has 0 unspecified atom stereocenters. The first-order chi connectivity index (χ1) is 9.45. The molecule has 3 heterocycles. The highest BCUT2D eigenvalue weighted by atomic mass is 35.5. The summed E-state index contributed by atoms with van der Waals surface area (Å²) in [4.78, 5) is 9.56. The van der Waals surface area contributed by atoms with E-state index in [0.29, 0.717) is 12.4 Å². The topological polar surface area (TPSA) is 59.7 Å². The molecule has 0 radical (unpaired) electrons. The molecule has 1 aliphatic heterocycles. The van der Waals surface area contributed by atoms with Crippen LogP contribution in [0.25, 0.3) is 0 Å². The minimum absolute atomic E-state index is 0.0884. The van der Waals surface area contributed by atoms with Gasteiger partial charge in [0.1, 0.15) is 5.82 Å². The van der Waals surface area contributed by atoms with E-state index in [1.807, 2.05) is 0 Å². The molecule has 6 nitrogen and oxygen atoms in total. The molecule has 20 heavy (non-hydrogen) atoms. The SMILES string of the molecule is FC(F)(F)c1nnc2n1CCN(c1ccnc(Cl)n1)C2. The Kier molecular flexibility index (Phi) is 3.00. The largest absolute Gasteiger partial charge is 0.451 e. The third kappa shape index (κ3) is 2.28. The third-order valence-electron chi connectivity index (χ3n) is 2.94. The quantitative estimate of drug-likeness (QED) is 0.751. The summed E-state index contributed by atoms with van der Waals surface area (Å²) >= 11 is 5.70. The van der Waals surface area contributed by atoms with Crippen molar-refractivity contribution in [2.45, 2.75) is 19.3 Å². The van der Waals surface area contributed by atoms with Gasteiger partial charge in [-0.05, 0) is 17.7 Å². The first kappa shape index (κ1) is 13.1.